The predicted molar refractivity (Wildman–Crippen MR) is 57.0 cm³/mol. The molecule has 1 unspecified atom stereocenters. The van der Waals surface area contributed by atoms with Crippen molar-refractivity contribution in [2.24, 2.45) is 10.2 Å². The van der Waals surface area contributed by atoms with E-state index in [1.807, 2.05) is 30.3 Å². The molecule has 0 amide bonds. The molecule has 1 N–H and O–H groups in total. The van der Waals surface area contributed by atoms with Crippen LogP contribution >= 0.6 is 0 Å². The van der Waals surface area contributed by atoms with E-state index in [2.05, 4.69) is 10.2 Å². The summed E-state index contributed by atoms with van der Waals surface area (Å²) in [6, 6.07) is 9.16. The monoisotopic (exact) mass is 206 g/mol. The molecule has 0 radical (unpaired) electrons. The van der Waals surface area contributed by atoms with E-state index in [4.69, 9.17) is 5.11 Å². The van der Waals surface area contributed by atoms with E-state index in [9.17, 15) is 4.79 Å². The van der Waals surface area contributed by atoms with Crippen LogP contribution in [0.5, 0.6) is 0 Å². The Morgan fingerprint density at radius 2 is 2.07 bits per heavy atom. The molecule has 1 rings (SSSR count). The van der Waals surface area contributed by atoms with Gasteiger partial charge in [-0.3, -0.25) is 0 Å². The number of hydrogen-bond acceptors (Lipinski definition) is 3. The normalized spacial score (nSPS) is 12.9. The molecule has 4 heteroatoms. The van der Waals surface area contributed by atoms with E-state index < -0.39 is 12.0 Å². The zero-order valence-corrected chi connectivity index (χ0v) is 8.63. The van der Waals surface area contributed by atoms with Crippen molar-refractivity contribution in [1.29, 1.82) is 0 Å². The summed E-state index contributed by atoms with van der Waals surface area (Å²) < 4.78 is 0. The minimum atomic E-state index is -0.946. The van der Waals surface area contributed by atoms with Gasteiger partial charge >= 0.3 is 5.97 Å². The van der Waals surface area contributed by atoms with Crippen LogP contribution in [0.2, 0.25) is 0 Å². The van der Waals surface area contributed by atoms with Crippen LogP contribution in [0.1, 0.15) is 12.5 Å². The topological polar surface area (TPSA) is 62.0 Å². The van der Waals surface area contributed by atoms with Crippen LogP contribution in [0.15, 0.2) is 40.6 Å². The molecule has 0 heterocycles. The van der Waals surface area contributed by atoms with Crippen molar-refractivity contribution in [3.63, 3.8) is 0 Å². The lowest BCUT2D eigenvalue weighted by Crippen LogP contribution is -2.12. The average molecular weight is 206 g/mol. The number of rotatable bonds is 5. The smallest absolute Gasteiger partial charge is 0.330 e. The first-order valence-electron chi connectivity index (χ1n) is 4.83. The van der Waals surface area contributed by atoms with Crippen molar-refractivity contribution in [1.82, 2.24) is 0 Å². The van der Waals surface area contributed by atoms with Crippen LogP contribution in [0.25, 0.3) is 0 Å². The van der Waals surface area contributed by atoms with Gasteiger partial charge in [-0.15, -0.1) is 0 Å². The second-order valence-electron chi connectivity index (χ2n) is 3.23. The molecule has 0 aliphatic carbocycles. The van der Waals surface area contributed by atoms with Gasteiger partial charge in [0.25, 0.3) is 0 Å². The molecule has 0 aliphatic rings. The van der Waals surface area contributed by atoms with Crippen molar-refractivity contribution >= 4 is 5.97 Å². The summed E-state index contributed by atoms with van der Waals surface area (Å²) in [5.74, 6) is -0.946. The summed E-state index contributed by atoms with van der Waals surface area (Å²) in [7, 11) is 0. The van der Waals surface area contributed by atoms with Crippen molar-refractivity contribution in [2.45, 2.75) is 19.4 Å². The first-order valence-corrected chi connectivity index (χ1v) is 4.83. The molecule has 1 atom stereocenters. The number of carbonyl (C=O) groups is 1. The molecular weight excluding hydrogens is 192 g/mol. The molecule has 0 aromatic heterocycles. The Morgan fingerprint density at radius 3 is 2.67 bits per heavy atom. The molecule has 1 aromatic carbocycles. The quantitative estimate of drug-likeness (QED) is 0.750. The zero-order valence-electron chi connectivity index (χ0n) is 8.63. The van der Waals surface area contributed by atoms with Crippen LogP contribution in [0.4, 0.5) is 0 Å². The Labute approximate surface area is 88.7 Å². The number of hydrogen-bond donors (Lipinski definition) is 1. The van der Waals surface area contributed by atoms with Crippen molar-refractivity contribution in [3.05, 3.63) is 35.9 Å². The highest BCUT2D eigenvalue weighted by atomic mass is 16.4. The SMILES string of the molecule is CC(N=NCCc1ccccc1)C(=O)O. The fourth-order valence-corrected chi connectivity index (χ4v) is 1.05. The van der Waals surface area contributed by atoms with Crippen LogP contribution < -0.4 is 0 Å². The van der Waals surface area contributed by atoms with Crippen molar-refractivity contribution < 1.29 is 9.90 Å². The maximum absolute atomic E-state index is 10.4. The predicted octanol–water partition coefficient (Wildman–Crippen LogP) is 2.15. The van der Waals surface area contributed by atoms with E-state index in [-0.39, 0.29) is 0 Å². The van der Waals surface area contributed by atoms with E-state index >= 15 is 0 Å². The Morgan fingerprint density at radius 1 is 1.40 bits per heavy atom. The standard InChI is InChI=1S/C11H14N2O2/c1-9(11(14)15)13-12-8-7-10-5-3-2-4-6-10/h2-6,9H,7-8H2,1H3,(H,14,15). The lowest BCUT2D eigenvalue weighted by molar-refractivity contribution is -0.138. The summed E-state index contributed by atoms with van der Waals surface area (Å²) in [6.07, 6.45) is 0.788. The molecular formula is C11H14N2O2. The van der Waals surface area contributed by atoms with Gasteiger partial charge in [0, 0.05) is 0 Å². The number of carboxylic acids is 1. The fraction of sp³-hybridized carbons (Fsp3) is 0.364. The van der Waals surface area contributed by atoms with E-state index in [1.165, 1.54) is 12.5 Å². The van der Waals surface area contributed by atoms with Crippen LogP contribution in [0.3, 0.4) is 0 Å². The van der Waals surface area contributed by atoms with Crippen LogP contribution in [0, 0.1) is 0 Å². The van der Waals surface area contributed by atoms with Gasteiger partial charge in [0.2, 0.25) is 0 Å². The number of benzene rings is 1. The molecule has 0 aliphatic heterocycles. The van der Waals surface area contributed by atoms with E-state index in [1.54, 1.807) is 0 Å². The minimum Gasteiger partial charge on any atom is -0.480 e. The summed E-state index contributed by atoms with van der Waals surface area (Å²) in [4.78, 5) is 10.4. The van der Waals surface area contributed by atoms with Gasteiger partial charge in [-0.25, -0.2) is 4.79 Å². The molecule has 15 heavy (non-hydrogen) atoms. The van der Waals surface area contributed by atoms with Crippen molar-refractivity contribution in [3.8, 4) is 0 Å². The van der Waals surface area contributed by atoms with Crippen molar-refractivity contribution in [2.75, 3.05) is 6.54 Å². The first kappa shape index (κ1) is 11.4. The van der Waals surface area contributed by atoms with Gasteiger partial charge in [0.15, 0.2) is 6.04 Å². The minimum absolute atomic E-state index is 0.529. The maximum atomic E-state index is 10.4. The summed E-state index contributed by atoms with van der Waals surface area (Å²) in [5, 5.41) is 16.0. The number of nitrogens with zero attached hydrogens (tertiary/aromatic N) is 2. The average Bonchev–Trinajstić information content (AvgIpc) is 2.25. The lowest BCUT2D eigenvalue weighted by atomic mass is 10.2. The molecule has 4 nitrogen and oxygen atoms in total. The molecule has 80 valence electrons. The second-order valence-corrected chi connectivity index (χ2v) is 3.23. The van der Waals surface area contributed by atoms with E-state index in [0.717, 1.165) is 6.42 Å². The third-order valence-electron chi connectivity index (χ3n) is 1.96. The second kappa shape index (κ2) is 5.90. The first-order chi connectivity index (χ1) is 7.20. The molecule has 0 saturated heterocycles. The lowest BCUT2D eigenvalue weighted by Gasteiger charge is -1.98. The van der Waals surface area contributed by atoms with Gasteiger partial charge in [-0.1, -0.05) is 30.3 Å². The molecule has 0 spiro atoms. The summed E-state index contributed by atoms with van der Waals surface area (Å²) in [6.45, 7) is 2.04. The molecule has 0 fully saturated rings. The third-order valence-corrected chi connectivity index (χ3v) is 1.96. The van der Waals surface area contributed by atoms with Crippen LogP contribution in [-0.2, 0) is 11.2 Å². The highest BCUT2D eigenvalue weighted by Gasteiger charge is 2.07. The van der Waals surface area contributed by atoms with Gasteiger partial charge in [-0.05, 0) is 18.9 Å². The Hall–Kier alpha value is -1.71. The highest BCUT2D eigenvalue weighted by molar-refractivity contribution is 5.72. The fourth-order valence-electron chi connectivity index (χ4n) is 1.05. The van der Waals surface area contributed by atoms with Gasteiger partial charge in [0.05, 0.1) is 6.54 Å². The summed E-state index contributed by atoms with van der Waals surface area (Å²) >= 11 is 0. The van der Waals surface area contributed by atoms with Gasteiger partial charge < -0.3 is 5.11 Å². The van der Waals surface area contributed by atoms with Crippen LogP contribution in [-0.4, -0.2) is 23.7 Å². The molecule has 0 saturated carbocycles. The third kappa shape index (κ3) is 4.35. The molecule has 1 aromatic rings. The van der Waals surface area contributed by atoms with Gasteiger partial charge in [0.1, 0.15) is 0 Å². The summed E-state index contributed by atoms with van der Waals surface area (Å²) in [5.41, 5.74) is 1.18. The zero-order chi connectivity index (χ0) is 11.1. The van der Waals surface area contributed by atoms with E-state index in [0.29, 0.717) is 6.54 Å². The number of aliphatic carboxylic acids is 1. The van der Waals surface area contributed by atoms with Gasteiger partial charge in [-0.2, -0.15) is 10.2 Å². The Bertz CT molecular complexity index is 336. The Balaban J connectivity index is 2.31. The largest absolute Gasteiger partial charge is 0.480 e. The number of azo groups is 1. The Kier molecular flexibility index (Phi) is 4.47. The highest BCUT2D eigenvalue weighted by Crippen LogP contribution is 2.00. The molecule has 0 bridgehead atoms. The maximum Gasteiger partial charge on any atom is 0.330 e. The number of carboxylic acid groups (broad SMARTS) is 1.